The van der Waals surface area contributed by atoms with Gasteiger partial charge in [0, 0.05) is 22.9 Å². The molecule has 0 saturated carbocycles. The van der Waals surface area contributed by atoms with Crippen molar-refractivity contribution in [3.8, 4) is 0 Å². The number of esters is 1. The predicted octanol–water partition coefficient (Wildman–Crippen LogP) is 3.74. The standard InChI is InChI=1S/C17H17ClN2O3S/c1-11-6-7-20(14-4-2-3-5-15(14)24-11)16(21)10-23-17(22)13-8-12(18)9-19-13/h2-5,8-9,11,19H,6-7,10H2,1H3/t11-/m1/s1. The topological polar surface area (TPSA) is 62.4 Å². The second kappa shape index (κ2) is 7.32. The van der Waals surface area contributed by atoms with Crippen molar-refractivity contribution in [3.63, 3.8) is 0 Å². The number of para-hydroxylation sites is 1. The summed E-state index contributed by atoms with van der Waals surface area (Å²) < 4.78 is 5.11. The molecule has 1 N–H and O–H groups in total. The number of benzene rings is 1. The summed E-state index contributed by atoms with van der Waals surface area (Å²) in [6.07, 6.45) is 2.37. The van der Waals surface area contributed by atoms with Gasteiger partial charge in [-0.3, -0.25) is 4.79 Å². The number of hydrogen-bond acceptors (Lipinski definition) is 4. The number of aromatic nitrogens is 1. The Bertz CT molecular complexity index is 762. The Hall–Kier alpha value is -1.92. The van der Waals surface area contributed by atoms with E-state index in [2.05, 4.69) is 11.9 Å². The third-order valence-electron chi connectivity index (χ3n) is 3.74. The SMILES string of the molecule is C[C@@H]1CCN(C(=O)COC(=O)c2cc(Cl)c[nH]2)c2ccccc2S1. The molecule has 1 amide bonds. The van der Waals surface area contributed by atoms with Gasteiger partial charge in [0.25, 0.3) is 5.91 Å². The number of nitrogens with zero attached hydrogens (tertiary/aromatic N) is 1. The van der Waals surface area contributed by atoms with Gasteiger partial charge in [-0.1, -0.05) is 30.7 Å². The van der Waals surface area contributed by atoms with E-state index >= 15 is 0 Å². The van der Waals surface area contributed by atoms with E-state index in [1.165, 1.54) is 12.3 Å². The number of carbonyl (C=O) groups is 2. The molecule has 1 aromatic carbocycles. The van der Waals surface area contributed by atoms with Crippen molar-refractivity contribution in [2.75, 3.05) is 18.1 Å². The molecule has 0 unspecified atom stereocenters. The first-order valence-electron chi connectivity index (χ1n) is 7.61. The molecular weight excluding hydrogens is 348 g/mol. The molecule has 5 nitrogen and oxygen atoms in total. The fraction of sp³-hybridized carbons (Fsp3) is 0.294. The van der Waals surface area contributed by atoms with Gasteiger partial charge < -0.3 is 14.6 Å². The number of aromatic amines is 1. The van der Waals surface area contributed by atoms with Gasteiger partial charge in [-0.25, -0.2) is 4.79 Å². The van der Waals surface area contributed by atoms with E-state index in [9.17, 15) is 9.59 Å². The van der Waals surface area contributed by atoms with Crippen molar-refractivity contribution in [3.05, 3.63) is 47.2 Å². The molecule has 7 heteroatoms. The Morgan fingerprint density at radius 2 is 2.21 bits per heavy atom. The first-order valence-corrected chi connectivity index (χ1v) is 8.87. The summed E-state index contributed by atoms with van der Waals surface area (Å²) in [4.78, 5) is 30.0. The van der Waals surface area contributed by atoms with E-state index in [1.807, 2.05) is 24.3 Å². The molecule has 2 heterocycles. The smallest absolute Gasteiger partial charge is 0.355 e. The average molecular weight is 365 g/mol. The van der Waals surface area contributed by atoms with Crippen LogP contribution in [0.2, 0.25) is 5.02 Å². The number of thioether (sulfide) groups is 1. The zero-order valence-corrected chi connectivity index (χ0v) is 14.7. The summed E-state index contributed by atoms with van der Waals surface area (Å²) in [6, 6.07) is 9.26. The molecule has 0 aliphatic carbocycles. The Morgan fingerprint density at radius 3 is 2.96 bits per heavy atom. The number of amides is 1. The van der Waals surface area contributed by atoms with Gasteiger partial charge in [-0.2, -0.15) is 0 Å². The fourth-order valence-electron chi connectivity index (χ4n) is 2.51. The number of hydrogen-bond donors (Lipinski definition) is 1. The molecule has 2 aromatic rings. The van der Waals surface area contributed by atoms with Gasteiger partial charge in [0.15, 0.2) is 6.61 Å². The van der Waals surface area contributed by atoms with Crippen molar-refractivity contribution in [1.82, 2.24) is 4.98 Å². The maximum Gasteiger partial charge on any atom is 0.355 e. The molecule has 0 spiro atoms. The van der Waals surface area contributed by atoms with Crippen LogP contribution in [0.15, 0.2) is 41.4 Å². The lowest BCUT2D eigenvalue weighted by Crippen LogP contribution is -2.35. The van der Waals surface area contributed by atoms with Crippen LogP contribution >= 0.6 is 23.4 Å². The van der Waals surface area contributed by atoms with Gasteiger partial charge in [0.1, 0.15) is 5.69 Å². The van der Waals surface area contributed by atoms with Crippen LogP contribution in [0, 0.1) is 0 Å². The average Bonchev–Trinajstić information content (AvgIpc) is 2.92. The third kappa shape index (κ3) is 3.76. The number of rotatable bonds is 3. The number of anilines is 1. The van der Waals surface area contributed by atoms with E-state index in [1.54, 1.807) is 16.7 Å². The summed E-state index contributed by atoms with van der Waals surface area (Å²) in [5.41, 5.74) is 1.10. The Labute approximate surface area is 149 Å². The minimum atomic E-state index is -0.596. The lowest BCUT2D eigenvalue weighted by molar-refractivity contribution is -0.121. The summed E-state index contributed by atoms with van der Waals surface area (Å²) in [7, 11) is 0. The molecule has 24 heavy (non-hydrogen) atoms. The zero-order chi connectivity index (χ0) is 17.1. The fourth-order valence-corrected chi connectivity index (χ4v) is 3.79. The molecule has 0 fully saturated rings. The van der Waals surface area contributed by atoms with E-state index in [0.29, 0.717) is 16.8 Å². The summed E-state index contributed by atoms with van der Waals surface area (Å²) in [6.45, 7) is 2.45. The number of ether oxygens (including phenoxy) is 1. The molecular formula is C17H17ClN2O3S. The first kappa shape index (κ1) is 16.9. The number of nitrogens with one attached hydrogen (secondary N) is 1. The highest BCUT2D eigenvalue weighted by molar-refractivity contribution is 8.00. The number of fused-ring (bicyclic) bond motifs is 1. The van der Waals surface area contributed by atoms with E-state index in [4.69, 9.17) is 16.3 Å². The number of carbonyl (C=O) groups excluding carboxylic acids is 2. The van der Waals surface area contributed by atoms with Crippen molar-refractivity contribution < 1.29 is 14.3 Å². The summed E-state index contributed by atoms with van der Waals surface area (Å²) >= 11 is 7.52. The molecule has 1 aliphatic heterocycles. The van der Waals surface area contributed by atoms with Crippen LogP contribution in [-0.4, -0.2) is 35.3 Å². The second-order valence-corrected chi connectivity index (χ2v) is 7.45. The zero-order valence-electron chi connectivity index (χ0n) is 13.1. The van der Waals surface area contributed by atoms with Gasteiger partial charge in [-0.05, 0) is 24.6 Å². The largest absolute Gasteiger partial charge is 0.451 e. The molecule has 3 rings (SSSR count). The summed E-state index contributed by atoms with van der Waals surface area (Å²) in [5.74, 6) is -0.829. The molecule has 0 saturated heterocycles. The molecule has 0 bridgehead atoms. The molecule has 0 radical (unpaired) electrons. The van der Waals surface area contributed by atoms with Crippen molar-refractivity contribution in [2.45, 2.75) is 23.5 Å². The van der Waals surface area contributed by atoms with Crippen LogP contribution in [0.1, 0.15) is 23.8 Å². The Morgan fingerprint density at radius 1 is 1.42 bits per heavy atom. The van der Waals surface area contributed by atoms with E-state index in [-0.39, 0.29) is 18.2 Å². The van der Waals surface area contributed by atoms with Crippen LogP contribution in [0.3, 0.4) is 0 Å². The van der Waals surface area contributed by atoms with Gasteiger partial charge >= 0.3 is 5.97 Å². The minimum absolute atomic E-state index is 0.230. The van der Waals surface area contributed by atoms with Crippen LogP contribution in [-0.2, 0) is 9.53 Å². The Balaban J connectivity index is 1.69. The predicted molar refractivity (Wildman–Crippen MR) is 94.8 cm³/mol. The highest BCUT2D eigenvalue weighted by Crippen LogP contribution is 2.37. The van der Waals surface area contributed by atoms with E-state index in [0.717, 1.165) is 17.0 Å². The van der Waals surface area contributed by atoms with Crippen molar-refractivity contribution >= 4 is 40.9 Å². The first-order chi connectivity index (χ1) is 11.5. The third-order valence-corrected chi connectivity index (χ3v) is 5.19. The lowest BCUT2D eigenvalue weighted by atomic mass is 10.2. The second-order valence-electron chi connectivity index (χ2n) is 5.54. The monoisotopic (exact) mass is 364 g/mol. The van der Waals surface area contributed by atoms with Crippen LogP contribution in [0.5, 0.6) is 0 Å². The molecule has 126 valence electrons. The normalized spacial score (nSPS) is 17.1. The number of H-pyrrole nitrogens is 1. The van der Waals surface area contributed by atoms with Gasteiger partial charge in [0.2, 0.25) is 0 Å². The van der Waals surface area contributed by atoms with Crippen molar-refractivity contribution in [1.29, 1.82) is 0 Å². The molecule has 1 aliphatic rings. The van der Waals surface area contributed by atoms with Crippen molar-refractivity contribution in [2.24, 2.45) is 0 Å². The molecule has 1 atom stereocenters. The highest BCUT2D eigenvalue weighted by atomic mass is 35.5. The van der Waals surface area contributed by atoms with Crippen LogP contribution < -0.4 is 4.90 Å². The highest BCUT2D eigenvalue weighted by Gasteiger charge is 2.25. The number of halogens is 1. The summed E-state index contributed by atoms with van der Waals surface area (Å²) in [5, 5.41) is 0.841. The minimum Gasteiger partial charge on any atom is -0.451 e. The van der Waals surface area contributed by atoms with Crippen LogP contribution in [0.25, 0.3) is 0 Å². The van der Waals surface area contributed by atoms with E-state index < -0.39 is 5.97 Å². The lowest BCUT2D eigenvalue weighted by Gasteiger charge is -2.22. The quantitative estimate of drug-likeness (QED) is 0.843. The maximum atomic E-state index is 12.6. The maximum absolute atomic E-state index is 12.6. The van der Waals surface area contributed by atoms with Crippen LogP contribution in [0.4, 0.5) is 5.69 Å². The molecule has 1 aromatic heterocycles. The Kier molecular flexibility index (Phi) is 5.16. The van der Waals surface area contributed by atoms with Gasteiger partial charge in [-0.15, -0.1) is 11.8 Å². The van der Waals surface area contributed by atoms with Gasteiger partial charge in [0.05, 0.1) is 10.7 Å².